The summed E-state index contributed by atoms with van der Waals surface area (Å²) in [5.41, 5.74) is 5.00. The van der Waals surface area contributed by atoms with Crippen molar-refractivity contribution in [3.63, 3.8) is 0 Å². The Bertz CT molecular complexity index is 1250. The third-order valence-corrected chi connectivity index (χ3v) is 5.12. The minimum atomic E-state index is -0.488. The van der Waals surface area contributed by atoms with E-state index in [1.165, 1.54) is 5.56 Å². The Morgan fingerprint density at radius 3 is 2.50 bits per heavy atom. The van der Waals surface area contributed by atoms with Crippen molar-refractivity contribution < 1.29 is 13.6 Å². The predicted molar refractivity (Wildman–Crippen MR) is 108 cm³/mol. The first-order valence-electron chi connectivity index (χ1n) is 9.19. The van der Waals surface area contributed by atoms with Crippen LogP contribution in [0.25, 0.3) is 21.9 Å². The van der Waals surface area contributed by atoms with E-state index in [0.717, 1.165) is 27.5 Å². The minimum absolute atomic E-state index is 0.0155. The third kappa shape index (κ3) is 3.31. The Morgan fingerprint density at radius 2 is 1.75 bits per heavy atom. The molecule has 0 saturated carbocycles. The summed E-state index contributed by atoms with van der Waals surface area (Å²) >= 11 is 0. The van der Waals surface area contributed by atoms with E-state index in [2.05, 4.69) is 5.32 Å². The third-order valence-electron chi connectivity index (χ3n) is 5.12. The van der Waals surface area contributed by atoms with Crippen molar-refractivity contribution in [1.82, 2.24) is 5.32 Å². The Labute approximate surface area is 162 Å². The molecule has 0 saturated heterocycles. The van der Waals surface area contributed by atoms with Gasteiger partial charge in [0.1, 0.15) is 11.2 Å². The zero-order valence-electron chi connectivity index (χ0n) is 16.1. The normalized spacial score (nSPS) is 11.2. The van der Waals surface area contributed by atoms with Crippen LogP contribution < -0.4 is 10.9 Å². The SMILES string of the molecule is Cc1ccc(CNC(=O)Cc2c(C)c3cc4c(C)coc4cc3oc2=O)cc1. The van der Waals surface area contributed by atoms with Crippen LogP contribution in [0.2, 0.25) is 0 Å². The molecule has 0 radical (unpaired) electrons. The topological polar surface area (TPSA) is 72.5 Å². The maximum Gasteiger partial charge on any atom is 0.340 e. The van der Waals surface area contributed by atoms with Crippen molar-refractivity contribution in [1.29, 1.82) is 0 Å². The van der Waals surface area contributed by atoms with Gasteiger partial charge in [0.05, 0.1) is 18.2 Å². The van der Waals surface area contributed by atoms with Gasteiger partial charge in [-0.15, -0.1) is 0 Å². The van der Waals surface area contributed by atoms with E-state index in [0.29, 0.717) is 23.3 Å². The van der Waals surface area contributed by atoms with Gasteiger partial charge < -0.3 is 14.2 Å². The van der Waals surface area contributed by atoms with Gasteiger partial charge in [0.15, 0.2) is 0 Å². The molecular weight excluding hydrogens is 354 g/mol. The number of carbonyl (C=O) groups excluding carboxylic acids is 1. The molecule has 1 N–H and O–H groups in total. The van der Waals surface area contributed by atoms with Crippen molar-refractivity contribution in [3.8, 4) is 0 Å². The molecule has 5 heteroatoms. The summed E-state index contributed by atoms with van der Waals surface area (Å²) < 4.78 is 11.0. The second-order valence-electron chi connectivity index (χ2n) is 7.20. The monoisotopic (exact) mass is 375 g/mol. The van der Waals surface area contributed by atoms with Gasteiger partial charge in [-0.1, -0.05) is 29.8 Å². The number of furan rings is 1. The van der Waals surface area contributed by atoms with Crippen molar-refractivity contribution in [2.24, 2.45) is 0 Å². The number of hydrogen-bond donors (Lipinski definition) is 1. The molecule has 0 aliphatic rings. The second-order valence-corrected chi connectivity index (χ2v) is 7.20. The summed E-state index contributed by atoms with van der Waals surface area (Å²) in [5, 5.41) is 4.66. The van der Waals surface area contributed by atoms with E-state index in [-0.39, 0.29) is 12.3 Å². The van der Waals surface area contributed by atoms with Crippen LogP contribution in [0.5, 0.6) is 0 Å². The molecule has 142 valence electrons. The first kappa shape index (κ1) is 18.0. The Hall–Kier alpha value is -3.34. The number of benzene rings is 2. The van der Waals surface area contributed by atoms with Crippen molar-refractivity contribution >= 4 is 27.8 Å². The minimum Gasteiger partial charge on any atom is -0.464 e. The van der Waals surface area contributed by atoms with Crippen LogP contribution in [0.4, 0.5) is 0 Å². The molecule has 0 atom stereocenters. The summed E-state index contributed by atoms with van der Waals surface area (Å²) in [6.07, 6.45) is 1.66. The lowest BCUT2D eigenvalue weighted by Gasteiger charge is -2.09. The van der Waals surface area contributed by atoms with E-state index in [1.807, 2.05) is 51.1 Å². The fraction of sp³-hybridized carbons (Fsp3) is 0.217. The quantitative estimate of drug-likeness (QED) is 0.539. The molecule has 0 fully saturated rings. The summed E-state index contributed by atoms with van der Waals surface area (Å²) in [7, 11) is 0. The smallest absolute Gasteiger partial charge is 0.340 e. The number of amides is 1. The van der Waals surface area contributed by atoms with Crippen LogP contribution in [0.1, 0.15) is 27.8 Å². The molecule has 4 aromatic rings. The lowest BCUT2D eigenvalue weighted by molar-refractivity contribution is -0.120. The second kappa shape index (κ2) is 7.00. The molecule has 28 heavy (non-hydrogen) atoms. The first-order chi connectivity index (χ1) is 13.4. The van der Waals surface area contributed by atoms with E-state index in [9.17, 15) is 9.59 Å². The van der Waals surface area contributed by atoms with Crippen LogP contribution in [-0.4, -0.2) is 5.91 Å². The molecule has 0 bridgehead atoms. The molecule has 4 rings (SSSR count). The van der Waals surface area contributed by atoms with Gasteiger partial charge >= 0.3 is 5.63 Å². The summed E-state index contributed by atoms with van der Waals surface area (Å²) in [6.45, 7) is 6.25. The number of aryl methyl sites for hydroxylation is 3. The predicted octanol–water partition coefficient (Wildman–Crippen LogP) is 4.32. The fourth-order valence-corrected chi connectivity index (χ4v) is 3.37. The number of hydrogen-bond acceptors (Lipinski definition) is 4. The molecule has 2 heterocycles. The highest BCUT2D eigenvalue weighted by atomic mass is 16.4. The zero-order valence-corrected chi connectivity index (χ0v) is 16.1. The molecule has 2 aromatic carbocycles. The molecule has 0 aliphatic heterocycles. The van der Waals surface area contributed by atoms with Gasteiger partial charge in [0, 0.05) is 23.4 Å². The van der Waals surface area contributed by atoms with Crippen LogP contribution in [0.15, 0.2) is 56.3 Å². The molecule has 0 aliphatic carbocycles. The highest BCUT2D eigenvalue weighted by molar-refractivity contribution is 5.96. The number of rotatable bonds is 4. The maximum atomic E-state index is 12.5. The van der Waals surface area contributed by atoms with E-state index in [1.54, 1.807) is 12.3 Å². The van der Waals surface area contributed by atoms with E-state index < -0.39 is 5.63 Å². The average Bonchev–Trinajstić information content (AvgIpc) is 3.03. The van der Waals surface area contributed by atoms with Gasteiger partial charge in [0.2, 0.25) is 5.91 Å². The zero-order chi connectivity index (χ0) is 19.8. The van der Waals surface area contributed by atoms with E-state index in [4.69, 9.17) is 8.83 Å². The Kier molecular flexibility index (Phi) is 4.51. The summed E-state index contributed by atoms with van der Waals surface area (Å²) in [6, 6.07) is 11.6. The van der Waals surface area contributed by atoms with Crippen LogP contribution in [-0.2, 0) is 17.8 Å². The maximum absolute atomic E-state index is 12.5. The van der Waals surface area contributed by atoms with Crippen molar-refractivity contribution in [3.05, 3.63) is 80.9 Å². The first-order valence-corrected chi connectivity index (χ1v) is 9.19. The van der Waals surface area contributed by atoms with Crippen LogP contribution >= 0.6 is 0 Å². The van der Waals surface area contributed by atoms with Gasteiger partial charge in [0.25, 0.3) is 0 Å². The van der Waals surface area contributed by atoms with Crippen molar-refractivity contribution in [2.75, 3.05) is 0 Å². The van der Waals surface area contributed by atoms with Gasteiger partial charge in [-0.3, -0.25) is 4.79 Å². The van der Waals surface area contributed by atoms with E-state index >= 15 is 0 Å². The number of carbonyl (C=O) groups is 1. The molecule has 2 aromatic heterocycles. The van der Waals surface area contributed by atoms with Gasteiger partial charge in [-0.25, -0.2) is 4.79 Å². The molecular formula is C23H21NO4. The van der Waals surface area contributed by atoms with Crippen molar-refractivity contribution in [2.45, 2.75) is 33.7 Å². The molecule has 0 unspecified atom stereocenters. The molecule has 5 nitrogen and oxygen atoms in total. The standard InChI is InChI=1S/C23H21NO4/c1-13-4-6-16(7-5-13)11-24-22(25)9-19-15(3)18-8-17-14(2)12-27-20(17)10-21(18)28-23(19)26/h4-8,10,12H,9,11H2,1-3H3,(H,24,25). The summed E-state index contributed by atoms with van der Waals surface area (Å²) in [5.74, 6) is -0.212. The molecule has 1 amide bonds. The van der Waals surface area contributed by atoms with Gasteiger partial charge in [-0.2, -0.15) is 0 Å². The Morgan fingerprint density at radius 1 is 1.00 bits per heavy atom. The average molecular weight is 375 g/mol. The Balaban J connectivity index is 1.61. The van der Waals surface area contributed by atoms with Gasteiger partial charge in [-0.05, 0) is 43.5 Å². The molecule has 0 spiro atoms. The van der Waals surface area contributed by atoms with Crippen LogP contribution in [0.3, 0.4) is 0 Å². The highest BCUT2D eigenvalue weighted by Gasteiger charge is 2.16. The summed E-state index contributed by atoms with van der Waals surface area (Å²) in [4.78, 5) is 24.9. The lowest BCUT2D eigenvalue weighted by Crippen LogP contribution is -2.27. The highest BCUT2D eigenvalue weighted by Crippen LogP contribution is 2.28. The lowest BCUT2D eigenvalue weighted by atomic mass is 10.0. The largest absolute Gasteiger partial charge is 0.464 e. The number of nitrogens with one attached hydrogen (secondary N) is 1. The fourth-order valence-electron chi connectivity index (χ4n) is 3.37. The van der Waals surface area contributed by atoms with Crippen LogP contribution in [0, 0.1) is 20.8 Å². The number of fused-ring (bicyclic) bond motifs is 2.